The predicted molar refractivity (Wildman–Crippen MR) is 82.9 cm³/mol. The lowest BCUT2D eigenvalue weighted by atomic mass is 10.1. The van der Waals surface area contributed by atoms with Gasteiger partial charge in [0.15, 0.2) is 0 Å². The fourth-order valence-electron chi connectivity index (χ4n) is 2.22. The average molecular weight is 284 g/mol. The van der Waals surface area contributed by atoms with Crippen LogP contribution in [0.1, 0.15) is 11.6 Å². The van der Waals surface area contributed by atoms with Crippen LogP contribution in [0, 0.1) is 0 Å². The molecule has 1 amide bonds. The summed E-state index contributed by atoms with van der Waals surface area (Å²) in [6, 6.07) is 18.7. The van der Waals surface area contributed by atoms with Gasteiger partial charge in [0.05, 0.1) is 0 Å². The lowest BCUT2D eigenvalue weighted by molar-refractivity contribution is -0.123. The first-order valence-electron chi connectivity index (χ1n) is 6.91. The third-order valence-corrected chi connectivity index (χ3v) is 3.28. The Labute approximate surface area is 125 Å². The Hall–Kier alpha value is -2.33. The maximum Gasteiger partial charge on any atom is 0.239 e. The number of ether oxygens (including phenoxy) is 1. The van der Waals surface area contributed by atoms with Gasteiger partial charge in [-0.3, -0.25) is 9.69 Å². The van der Waals surface area contributed by atoms with E-state index in [1.54, 1.807) is 0 Å². The van der Waals surface area contributed by atoms with Crippen molar-refractivity contribution >= 4 is 5.91 Å². The van der Waals surface area contributed by atoms with E-state index in [0.717, 1.165) is 11.3 Å². The third kappa shape index (κ3) is 4.33. The van der Waals surface area contributed by atoms with E-state index < -0.39 is 6.04 Å². The summed E-state index contributed by atoms with van der Waals surface area (Å²) >= 11 is 0. The first kappa shape index (κ1) is 15.1. The number of benzene rings is 2. The van der Waals surface area contributed by atoms with Gasteiger partial charge in [-0.25, -0.2) is 0 Å². The highest BCUT2D eigenvalue weighted by atomic mass is 16.5. The van der Waals surface area contributed by atoms with Crippen molar-refractivity contribution < 1.29 is 9.53 Å². The molecule has 0 aliphatic rings. The molecule has 2 rings (SSSR count). The number of hydrogen-bond donors (Lipinski definition) is 1. The van der Waals surface area contributed by atoms with Crippen LogP contribution in [0.15, 0.2) is 60.7 Å². The van der Waals surface area contributed by atoms with Gasteiger partial charge in [0.2, 0.25) is 5.91 Å². The second-order valence-electron chi connectivity index (χ2n) is 4.86. The summed E-state index contributed by atoms with van der Waals surface area (Å²) in [4.78, 5) is 13.6. The molecule has 0 bridgehead atoms. The molecule has 1 atom stereocenters. The van der Waals surface area contributed by atoms with E-state index in [1.807, 2.05) is 72.6 Å². The molecular formula is C17H20N2O2. The quantitative estimate of drug-likeness (QED) is 0.848. The maximum atomic E-state index is 11.7. The number of rotatable bonds is 7. The van der Waals surface area contributed by atoms with Crippen molar-refractivity contribution in [3.63, 3.8) is 0 Å². The fraction of sp³-hybridized carbons (Fsp3) is 0.235. The smallest absolute Gasteiger partial charge is 0.239 e. The fourth-order valence-corrected chi connectivity index (χ4v) is 2.22. The summed E-state index contributed by atoms with van der Waals surface area (Å²) in [6.07, 6.45) is 0. The molecule has 0 saturated carbocycles. The maximum absolute atomic E-state index is 11.7. The van der Waals surface area contributed by atoms with Gasteiger partial charge in [-0.2, -0.15) is 0 Å². The highest BCUT2D eigenvalue weighted by Gasteiger charge is 2.22. The van der Waals surface area contributed by atoms with E-state index in [4.69, 9.17) is 10.5 Å². The zero-order chi connectivity index (χ0) is 15.1. The first-order chi connectivity index (χ1) is 10.2. The van der Waals surface area contributed by atoms with Crippen LogP contribution in [0.3, 0.4) is 0 Å². The van der Waals surface area contributed by atoms with Crippen LogP contribution in [0.5, 0.6) is 5.75 Å². The summed E-state index contributed by atoms with van der Waals surface area (Å²) in [7, 11) is 1.87. The van der Waals surface area contributed by atoms with E-state index in [9.17, 15) is 4.79 Å². The van der Waals surface area contributed by atoms with Crippen molar-refractivity contribution in [3.8, 4) is 5.75 Å². The molecule has 0 heterocycles. The van der Waals surface area contributed by atoms with Crippen molar-refractivity contribution in [1.29, 1.82) is 0 Å². The van der Waals surface area contributed by atoms with Crippen LogP contribution in [-0.4, -0.2) is 31.0 Å². The second-order valence-corrected chi connectivity index (χ2v) is 4.86. The molecule has 4 nitrogen and oxygen atoms in total. The Bertz CT molecular complexity index is 558. The Balaban J connectivity index is 1.94. The average Bonchev–Trinajstić information content (AvgIpc) is 2.49. The van der Waals surface area contributed by atoms with Crippen molar-refractivity contribution in [2.24, 2.45) is 5.73 Å². The standard InChI is InChI=1S/C17H20N2O2/c1-19(12-13-21-15-10-6-3-7-11-15)16(17(18)20)14-8-4-2-5-9-14/h2-11,16H,12-13H2,1H3,(H2,18,20). The van der Waals surface area contributed by atoms with Gasteiger partial charge in [-0.05, 0) is 24.7 Å². The minimum absolute atomic E-state index is 0.358. The van der Waals surface area contributed by atoms with Crippen molar-refractivity contribution in [3.05, 3.63) is 66.2 Å². The zero-order valence-electron chi connectivity index (χ0n) is 12.1. The number of para-hydroxylation sites is 1. The van der Waals surface area contributed by atoms with E-state index in [0.29, 0.717) is 13.2 Å². The minimum Gasteiger partial charge on any atom is -0.492 e. The normalized spacial score (nSPS) is 12.1. The predicted octanol–water partition coefficient (Wildman–Crippen LogP) is 2.22. The Kier molecular flexibility index (Phi) is 5.35. The molecule has 2 aromatic rings. The van der Waals surface area contributed by atoms with Gasteiger partial charge >= 0.3 is 0 Å². The zero-order valence-corrected chi connectivity index (χ0v) is 12.1. The van der Waals surface area contributed by atoms with Gasteiger partial charge < -0.3 is 10.5 Å². The molecule has 2 N–H and O–H groups in total. The van der Waals surface area contributed by atoms with Gasteiger partial charge in [0, 0.05) is 6.54 Å². The van der Waals surface area contributed by atoms with Gasteiger partial charge in [0.1, 0.15) is 18.4 Å². The Morgan fingerprint density at radius 1 is 1.10 bits per heavy atom. The third-order valence-electron chi connectivity index (χ3n) is 3.28. The van der Waals surface area contributed by atoms with Gasteiger partial charge in [-0.1, -0.05) is 48.5 Å². The van der Waals surface area contributed by atoms with Crippen LogP contribution < -0.4 is 10.5 Å². The van der Waals surface area contributed by atoms with E-state index in [2.05, 4.69) is 0 Å². The molecule has 0 radical (unpaired) electrons. The van der Waals surface area contributed by atoms with Crippen molar-refractivity contribution in [2.45, 2.75) is 6.04 Å². The first-order valence-corrected chi connectivity index (χ1v) is 6.91. The largest absolute Gasteiger partial charge is 0.492 e. The molecular weight excluding hydrogens is 264 g/mol. The number of carbonyl (C=O) groups excluding carboxylic acids is 1. The lowest BCUT2D eigenvalue weighted by Crippen LogP contribution is -2.37. The van der Waals surface area contributed by atoms with E-state index in [-0.39, 0.29) is 5.91 Å². The highest BCUT2D eigenvalue weighted by molar-refractivity contribution is 5.81. The van der Waals surface area contributed by atoms with Crippen LogP contribution in [0.4, 0.5) is 0 Å². The molecule has 21 heavy (non-hydrogen) atoms. The molecule has 0 aromatic heterocycles. The molecule has 4 heteroatoms. The number of nitrogens with two attached hydrogens (primary N) is 1. The molecule has 0 saturated heterocycles. The molecule has 110 valence electrons. The highest BCUT2D eigenvalue weighted by Crippen LogP contribution is 2.18. The number of carbonyl (C=O) groups is 1. The van der Waals surface area contributed by atoms with Gasteiger partial charge in [0.25, 0.3) is 0 Å². The summed E-state index contributed by atoms with van der Waals surface area (Å²) in [5.74, 6) is 0.463. The molecule has 0 aliphatic carbocycles. The van der Waals surface area contributed by atoms with Crippen LogP contribution >= 0.6 is 0 Å². The second kappa shape index (κ2) is 7.45. The number of amides is 1. The molecule has 0 spiro atoms. The minimum atomic E-state index is -0.439. The summed E-state index contributed by atoms with van der Waals surface area (Å²) in [5.41, 5.74) is 6.43. The summed E-state index contributed by atoms with van der Waals surface area (Å²) in [5, 5.41) is 0. The van der Waals surface area contributed by atoms with Crippen LogP contribution in [0.2, 0.25) is 0 Å². The van der Waals surface area contributed by atoms with E-state index in [1.165, 1.54) is 0 Å². The number of hydrogen-bond acceptors (Lipinski definition) is 3. The number of nitrogens with zero attached hydrogens (tertiary/aromatic N) is 1. The molecule has 1 unspecified atom stereocenters. The Morgan fingerprint density at radius 2 is 1.67 bits per heavy atom. The number of primary amides is 1. The SMILES string of the molecule is CN(CCOc1ccccc1)C(C(N)=O)c1ccccc1. The van der Waals surface area contributed by atoms with Crippen molar-refractivity contribution in [1.82, 2.24) is 4.90 Å². The molecule has 0 fully saturated rings. The van der Waals surface area contributed by atoms with E-state index >= 15 is 0 Å². The monoisotopic (exact) mass is 284 g/mol. The van der Waals surface area contributed by atoms with Crippen molar-refractivity contribution in [2.75, 3.05) is 20.2 Å². The topological polar surface area (TPSA) is 55.6 Å². The molecule has 2 aromatic carbocycles. The number of likely N-dealkylation sites (N-methyl/N-ethyl adjacent to an activating group) is 1. The van der Waals surface area contributed by atoms with Crippen LogP contribution in [0.25, 0.3) is 0 Å². The lowest BCUT2D eigenvalue weighted by Gasteiger charge is -2.25. The Morgan fingerprint density at radius 3 is 2.24 bits per heavy atom. The summed E-state index contributed by atoms with van der Waals surface area (Å²) in [6.45, 7) is 1.11. The molecule has 0 aliphatic heterocycles. The summed E-state index contributed by atoms with van der Waals surface area (Å²) < 4.78 is 5.65. The van der Waals surface area contributed by atoms with Gasteiger partial charge in [-0.15, -0.1) is 0 Å². The van der Waals surface area contributed by atoms with Crippen LogP contribution in [-0.2, 0) is 4.79 Å².